The molecule has 88 valence electrons. The number of fused-ring (bicyclic) bond motifs is 1. The molecule has 0 saturated carbocycles. The lowest BCUT2D eigenvalue weighted by Gasteiger charge is -2.02. The van der Waals surface area contributed by atoms with Crippen molar-refractivity contribution in [3.05, 3.63) is 36.2 Å². The lowest BCUT2D eigenvalue weighted by atomic mass is 10.1. The van der Waals surface area contributed by atoms with Crippen LogP contribution in [0.2, 0.25) is 0 Å². The van der Waals surface area contributed by atoms with E-state index in [9.17, 15) is 4.79 Å². The fraction of sp³-hybridized carbons (Fsp3) is 0.308. The average molecular weight is 230 g/mol. The van der Waals surface area contributed by atoms with E-state index in [-0.39, 0.29) is 5.97 Å². The molecular formula is C13H14N2O2. The summed E-state index contributed by atoms with van der Waals surface area (Å²) in [6.45, 7) is 0. The van der Waals surface area contributed by atoms with Gasteiger partial charge in [0.25, 0.3) is 0 Å². The van der Waals surface area contributed by atoms with Crippen molar-refractivity contribution in [2.45, 2.75) is 19.3 Å². The fourth-order valence-electron chi connectivity index (χ4n) is 1.65. The van der Waals surface area contributed by atoms with Gasteiger partial charge in [0.1, 0.15) is 0 Å². The molecule has 0 N–H and O–H groups in total. The molecule has 4 heteroatoms. The number of carbonyl (C=O) groups is 1. The molecule has 2 rings (SSSR count). The van der Waals surface area contributed by atoms with Crippen LogP contribution in [0.1, 0.15) is 18.5 Å². The smallest absolute Gasteiger partial charge is 0.305 e. The molecule has 2 aromatic rings. The van der Waals surface area contributed by atoms with Crippen molar-refractivity contribution in [3.8, 4) is 0 Å². The van der Waals surface area contributed by atoms with Crippen molar-refractivity contribution in [1.82, 2.24) is 9.97 Å². The Balaban J connectivity index is 2.02. The second-order valence-corrected chi connectivity index (χ2v) is 3.78. The molecule has 17 heavy (non-hydrogen) atoms. The molecule has 0 unspecified atom stereocenters. The summed E-state index contributed by atoms with van der Waals surface area (Å²) in [7, 11) is 1.40. The predicted molar refractivity (Wildman–Crippen MR) is 64.5 cm³/mol. The van der Waals surface area contributed by atoms with Crippen molar-refractivity contribution in [3.63, 3.8) is 0 Å². The maximum Gasteiger partial charge on any atom is 0.305 e. The van der Waals surface area contributed by atoms with Crippen LogP contribution in [0.5, 0.6) is 0 Å². The minimum atomic E-state index is -0.177. The number of carbonyl (C=O) groups excluding carboxylic acids is 1. The summed E-state index contributed by atoms with van der Waals surface area (Å²) in [5.41, 5.74) is 1.71. The monoisotopic (exact) mass is 230 g/mol. The molecule has 0 aliphatic heterocycles. The zero-order chi connectivity index (χ0) is 12.1. The van der Waals surface area contributed by atoms with E-state index in [1.54, 1.807) is 6.20 Å². The maximum absolute atomic E-state index is 11.0. The predicted octanol–water partition coefficient (Wildman–Crippen LogP) is 2.13. The van der Waals surface area contributed by atoms with Crippen LogP contribution in [-0.4, -0.2) is 23.0 Å². The van der Waals surface area contributed by atoms with Gasteiger partial charge in [0.2, 0.25) is 0 Å². The number of pyridine rings is 2. The molecule has 0 radical (unpaired) electrons. The van der Waals surface area contributed by atoms with Gasteiger partial charge in [-0.1, -0.05) is 0 Å². The zero-order valence-electron chi connectivity index (χ0n) is 9.72. The zero-order valence-corrected chi connectivity index (χ0v) is 9.72. The van der Waals surface area contributed by atoms with Gasteiger partial charge in [-0.25, -0.2) is 9.97 Å². The molecule has 0 atom stereocenters. The highest BCUT2D eigenvalue weighted by atomic mass is 16.5. The first-order valence-electron chi connectivity index (χ1n) is 5.57. The van der Waals surface area contributed by atoms with E-state index in [0.29, 0.717) is 6.42 Å². The van der Waals surface area contributed by atoms with Crippen LogP contribution in [0.4, 0.5) is 0 Å². The van der Waals surface area contributed by atoms with E-state index < -0.39 is 0 Å². The van der Waals surface area contributed by atoms with Gasteiger partial charge in [0.05, 0.1) is 7.11 Å². The summed E-state index contributed by atoms with van der Waals surface area (Å²) >= 11 is 0. The number of hydrogen-bond acceptors (Lipinski definition) is 4. The molecular weight excluding hydrogens is 216 g/mol. The van der Waals surface area contributed by atoms with Crippen molar-refractivity contribution >= 4 is 17.0 Å². The Hall–Kier alpha value is -1.97. The highest BCUT2D eigenvalue weighted by Crippen LogP contribution is 2.11. The van der Waals surface area contributed by atoms with Crippen molar-refractivity contribution in [2.75, 3.05) is 7.11 Å². The van der Waals surface area contributed by atoms with E-state index in [1.165, 1.54) is 7.11 Å². The van der Waals surface area contributed by atoms with Gasteiger partial charge in [-0.2, -0.15) is 0 Å². The fourth-order valence-corrected chi connectivity index (χ4v) is 1.65. The van der Waals surface area contributed by atoms with E-state index >= 15 is 0 Å². The molecule has 0 aromatic carbocycles. The van der Waals surface area contributed by atoms with Crippen LogP contribution in [-0.2, 0) is 16.0 Å². The first-order valence-corrected chi connectivity index (χ1v) is 5.57. The normalized spacial score (nSPS) is 10.4. The Bertz CT molecular complexity index is 526. The Kier molecular flexibility index (Phi) is 3.65. The summed E-state index contributed by atoms with van der Waals surface area (Å²) < 4.78 is 4.59. The van der Waals surface area contributed by atoms with Gasteiger partial charge in [-0.3, -0.25) is 4.79 Å². The van der Waals surface area contributed by atoms with Crippen LogP contribution in [0.3, 0.4) is 0 Å². The number of aromatic nitrogens is 2. The highest BCUT2D eigenvalue weighted by Gasteiger charge is 2.02. The Morgan fingerprint density at radius 1 is 1.35 bits per heavy atom. The second-order valence-electron chi connectivity index (χ2n) is 3.78. The third-order valence-corrected chi connectivity index (χ3v) is 2.56. The highest BCUT2D eigenvalue weighted by molar-refractivity contribution is 5.74. The van der Waals surface area contributed by atoms with Gasteiger partial charge in [0, 0.05) is 23.7 Å². The molecule has 0 saturated heterocycles. The van der Waals surface area contributed by atoms with Crippen LogP contribution >= 0.6 is 0 Å². The van der Waals surface area contributed by atoms with Crippen LogP contribution in [0.25, 0.3) is 11.0 Å². The number of rotatable bonds is 4. The molecule has 4 nitrogen and oxygen atoms in total. The topological polar surface area (TPSA) is 52.1 Å². The molecule has 0 fully saturated rings. The number of ether oxygens (including phenoxy) is 1. The molecule has 0 aliphatic rings. The van der Waals surface area contributed by atoms with E-state index in [1.807, 2.05) is 24.3 Å². The lowest BCUT2D eigenvalue weighted by molar-refractivity contribution is -0.140. The van der Waals surface area contributed by atoms with Gasteiger partial charge >= 0.3 is 5.97 Å². The third kappa shape index (κ3) is 3.00. The number of hydrogen-bond donors (Lipinski definition) is 0. The van der Waals surface area contributed by atoms with Gasteiger partial charge in [-0.15, -0.1) is 0 Å². The molecule has 2 heterocycles. The van der Waals surface area contributed by atoms with E-state index in [0.717, 1.165) is 29.6 Å². The van der Waals surface area contributed by atoms with Crippen LogP contribution < -0.4 is 0 Å². The minimum absolute atomic E-state index is 0.177. The third-order valence-electron chi connectivity index (χ3n) is 2.56. The number of methoxy groups -OCH3 is 1. The number of nitrogens with zero attached hydrogens (tertiary/aromatic N) is 2. The Labute approximate surface area is 99.7 Å². The maximum atomic E-state index is 11.0. The standard InChI is InChI=1S/C13H14N2O2/c1-17-12(16)6-2-5-11-8-7-10-4-3-9-14-13(10)15-11/h3-4,7-9H,2,5-6H2,1H3. The second kappa shape index (κ2) is 5.39. The molecule has 2 aromatic heterocycles. The number of aryl methyl sites for hydroxylation is 1. The largest absolute Gasteiger partial charge is 0.469 e. The van der Waals surface area contributed by atoms with Crippen LogP contribution in [0, 0.1) is 0 Å². The summed E-state index contributed by atoms with van der Waals surface area (Å²) in [5.74, 6) is -0.177. The Morgan fingerprint density at radius 3 is 3.06 bits per heavy atom. The summed E-state index contributed by atoms with van der Waals surface area (Å²) in [5, 5.41) is 1.03. The van der Waals surface area contributed by atoms with Crippen molar-refractivity contribution in [1.29, 1.82) is 0 Å². The summed E-state index contributed by atoms with van der Waals surface area (Å²) in [4.78, 5) is 19.6. The van der Waals surface area contributed by atoms with Crippen LogP contribution in [0.15, 0.2) is 30.5 Å². The molecule has 0 aliphatic carbocycles. The van der Waals surface area contributed by atoms with Gasteiger partial charge < -0.3 is 4.74 Å². The first-order chi connectivity index (χ1) is 8.29. The number of esters is 1. The molecule has 0 amide bonds. The summed E-state index contributed by atoms with van der Waals surface area (Å²) in [6, 6.07) is 7.85. The summed E-state index contributed by atoms with van der Waals surface area (Å²) in [6.07, 6.45) is 3.67. The average Bonchev–Trinajstić information content (AvgIpc) is 2.38. The quantitative estimate of drug-likeness (QED) is 0.755. The minimum Gasteiger partial charge on any atom is -0.469 e. The van der Waals surface area contributed by atoms with Crippen molar-refractivity contribution < 1.29 is 9.53 Å². The Morgan fingerprint density at radius 2 is 2.24 bits per heavy atom. The molecule has 0 spiro atoms. The van der Waals surface area contributed by atoms with Gasteiger partial charge in [0.15, 0.2) is 5.65 Å². The SMILES string of the molecule is COC(=O)CCCc1ccc2cccnc2n1. The van der Waals surface area contributed by atoms with E-state index in [4.69, 9.17) is 0 Å². The van der Waals surface area contributed by atoms with Gasteiger partial charge in [-0.05, 0) is 37.1 Å². The van der Waals surface area contributed by atoms with E-state index in [2.05, 4.69) is 14.7 Å². The van der Waals surface area contributed by atoms with Crippen molar-refractivity contribution in [2.24, 2.45) is 0 Å². The molecule has 0 bridgehead atoms. The lowest BCUT2D eigenvalue weighted by Crippen LogP contribution is -2.01. The first kappa shape index (κ1) is 11.5.